The van der Waals surface area contributed by atoms with Crippen molar-refractivity contribution < 1.29 is 13.9 Å². The zero-order valence-electron chi connectivity index (χ0n) is 10.8. The average molecular weight is 305 g/mol. The molecule has 0 fully saturated rings. The van der Waals surface area contributed by atoms with Gasteiger partial charge in [0.2, 0.25) is 0 Å². The molecular weight excluding hydrogens is 295 g/mol. The Morgan fingerprint density at radius 2 is 2.00 bits per heavy atom. The molecule has 2 aromatic carbocycles. The van der Waals surface area contributed by atoms with Crippen molar-refractivity contribution in [2.24, 2.45) is 0 Å². The SMILES string of the molecule is N#Cc1c(NC(=O)OCc2ccccc2)ccc(F)c1Cl. The minimum Gasteiger partial charge on any atom is -0.444 e. The fourth-order valence-electron chi connectivity index (χ4n) is 1.63. The number of ether oxygens (including phenoxy) is 1. The van der Waals surface area contributed by atoms with Gasteiger partial charge in [0, 0.05) is 0 Å². The number of carbonyl (C=O) groups excluding carboxylic acids is 1. The maximum absolute atomic E-state index is 13.2. The summed E-state index contributed by atoms with van der Waals surface area (Å²) in [6, 6.07) is 13.2. The van der Waals surface area contributed by atoms with Gasteiger partial charge in [0.05, 0.1) is 16.3 Å². The van der Waals surface area contributed by atoms with Gasteiger partial charge in [-0.2, -0.15) is 5.26 Å². The van der Waals surface area contributed by atoms with E-state index in [2.05, 4.69) is 5.32 Å². The van der Waals surface area contributed by atoms with Crippen molar-refractivity contribution in [2.45, 2.75) is 6.61 Å². The number of amides is 1. The fraction of sp³-hybridized carbons (Fsp3) is 0.0667. The number of nitriles is 1. The van der Waals surface area contributed by atoms with Gasteiger partial charge in [0.25, 0.3) is 0 Å². The summed E-state index contributed by atoms with van der Waals surface area (Å²) in [4.78, 5) is 11.7. The molecule has 0 bridgehead atoms. The zero-order valence-corrected chi connectivity index (χ0v) is 11.5. The second kappa shape index (κ2) is 6.73. The smallest absolute Gasteiger partial charge is 0.411 e. The van der Waals surface area contributed by atoms with Gasteiger partial charge in [-0.15, -0.1) is 0 Å². The molecule has 0 heterocycles. The van der Waals surface area contributed by atoms with Crippen molar-refractivity contribution in [1.82, 2.24) is 0 Å². The summed E-state index contributed by atoms with van der Waals surface area (Å²) in [5, 5.41) is 11.0. The first-order valence-electron chi connectivity index (χ1n) is 5.97. The van der Waals surface area contributed by atoms with Gasteiger partial charge in [0.15, 0.2) is 0 Å². The maximum Gasteiger partial charge on any atom is 0.411 e. The average Bonchev–Trinajstić information content (AvgIpc) is 2.50. The Hall–Kier alpha value is -2.58. The van der Waals surface area contributed by atoms with Gasteiger partial charge >= 0.3 is 6.09 Å². The van der Waals surface area contributed by atoms with Crippen molar-refractivity contribution in [3.05, 3.63) is 64.4 Å². The molecule has 106 valence electrons. The summed E-state index contributed by atoms with van der Waals surface area (Å²) >= 11 is 5.67. The Labute approximate surface area is 125 Å². The molecule has 4 nitrogen and oxygen atoms in total. The highest BCUT2D eigenvalue weighted by atomic mass is 35.5. The lowest BCUT2D eigenvalue weighted by Crippen LogP contribution is -2.14. The van der Waals surface area contributed by atoms with Crippen LogP contribution >= 0.6 is 11.6 Å². The first-order chi connectivity index (χ1) is 10.1. The van der Waals surface area contributed by atoms with Gasteiger partial charge < -0.3 is 4.74 Å². The minimum absolute atomic E-state index is 0.0868. The summed E-state index contributed by atoms with van der Waals surface area (Å²) < 4.78 is 18.2. The van der Waals surface area contributed by atoms with Crippen LogP contribution in [0.2, 0.25) is 5.02 Å². The van der Waals surface area contributed by atoms with E-state index in [1.807, 2.05) is 30.3 Å². The second-order valence-electron chi connectivity index (χ2n) is 4.08. The number of carbonyl (C=O) groups is 1. The van der Waals surface area contributed by atoms with Gasteiger partial charge in [-0.25, -0.2) is 9.18 Å². The summed E-state index contributed by atoms with van der Waals surface area (Å²) in [7, 11) is 0. The third kappa shape index (κ3) is 3.71. The van der Waals surface area contributed by atoms with Crippen LogP contribution < -0.4 is 5.32 Å². The lowest BCUT2D eigenvalue weighted by molar-refractivity contribution is 0.155. The van der Waals surface area contributed by atoms with E-state index in [1.54, 1.807) is 6.07 Å². The normalized spacial score (nSPS) is 9.76. The molecule has 2 aromatic rings. The molecule has 0 aliphatic rings. The summed E-state index contributed by atoms with van der Waals surface area (Å²) in [6.45, 7) is 0.0868. The quantitative estimate of drug-likeness (QED) is 0.928. The Morgan fingerprint density at radius 3 is 2.67 bits per heavy atom. The Bertz CT molecular complexity index is 699. The van der Waals surface area contributed by atoms with Crippen LogP contribution in [0.25, 0.3) is 0 Å². The van der Waals surface area contributed by atoms with Crippen LogP contribution in [0.3, 0.4) is 0 Å². The predicted octanol–water partition coefficient (Wildman–Crippen LogP) is 4.10. The molecule has 0 aromatic heterocycles. The predicted molar refractivity (Wildman–Crippen MR) is 76.4 cm³/mol. The molecule has 0 radical (unpaired) electrons. The molecule has 2 rings (SSSR count). The Morgan fingerprint density at radius 1 is 1.29 bits per heavy atom. The van der Waals surface area contributed by atoms with Gasteiger partial charge in [0.1, 0.15) is 18.5 Å². The highest BCUT2D eigenvalue weighted by molar-refractivity contribution is 6.32. The summed E-state index contributed by atoms with van der Waals surface area (Å²) in [5.74, 6) is -0.726. The second-order valence-corrected chi connectivity index (χ2v) is 4.46. The molecule has 1 amide bonds. The molecule has 21 heavy (non-hydrogen) atoms. The van der Waals surface area contributed by atoms with Crippen LogP contribution in [0.1, 0.15) is 11.1 Å². The number of nitrogens with zero attached hydrogens (tertiary/aromatic N) is 1. The third-order valence-corrected chi connectivity index (χ3v) is 3.03. The number of nitrogens with one attached hydrogen (secondary N) is 1. The van der Waals surface area contributed by atoms with E-state index in [-0.39, 0.29) is 22.9 Å². The number of anilines is 1. The van der Waals surface area contributed by atoms with E-state index in [4.69, 9.17) is 21.6 Å². The first kappa shape index (κ1) is 14.8. The molecular formula is C15H10ClFN2O2. The molecule has 6 heteroatoms. The standard InChI is InChI=1S/C15H10ClFN2O2/c16-14-11(8-18)13(7-6-12(14)17)19-15(20)21-9-10-4-2-1-3-5-10/h1-7H,9H2,(H,19,20). The molecule has 0 aliphatic carbocycles. The molecule has 0 atom stereocenters. The van der Waals surface area contributed by atoms with E-state index in [0.717, 1.165) is 11.6 Å². The summed E-state index contributed by atoms with van der Waals surface area (Å²) in [5.41, 5.74) is 0.778. The number of benzene rings is 2. The third-order valence-electron chi connectivity index (χ3n) is 2.66. The molecule has 0 spiro atoms. The number of halogens is 2. The molecule has 0 aliphatic heterocycles. The maximum atomic E-state index is 13.2. The largest absolute Gasteiger partial charge is 0.444 e. The van der Waals surface area contributed by atoms with Crippen LogP contribution in [-0.2, 0) is 11.3 Å². The van der Waals surface area contributed by atoms with Crippen molar-refractivity contribution in [2.75, 3.05) is 5.32 Å². The van der Waals surface area contributed by atoms with Crippen molar-refractivity contribution in [3.63, 3.8) is 0 Å². The molecule has 0 saturated carbocycles. The number of hydrogen-bond donors (Lipinski definition) is 1. The van der Waals surface area contributed by atoms with Crippen molar-refractivity contribution >= 4 is 23.4 Å². The highest BCUT2D eigenvalue weighted by Crippen LogP contribution is 2.26. The van der Waals surface area contributed by atoms with Gasteiger partial charge in [-0.3, -0.25) is 5.32 Å². The lowest BCUT2D eigenvalue weighted by Gasteiger charge is -2.09. The zero-order chi connectivity index (χ0) is 15.2. The lowest BCUT2D eigenvalue weighted by atomic mass is 10.2. The highest BCUT2D eigenvalue weighted by Gasteiger charge is 2.14. The monoisotopic (exact) mass is 304 g/mol. The Balaban J connectivity index is 2.04. The van der Waals surface area contributed by atoms with E-state index in [9.17, 15) is 9.18 Å². The molecule has 1 N–H and O–H groups in total. The Kier molecular flexibility index (Phi) is 4.75. The molecule has 0 saturated heterocycles. The van der Waals surface area contributed by atoms with Crippen LogP contribution in [0.5, 0.6) is 0 Å². The molecule has 0 unspecified atom stereocenters. The van der Waals surface area contributed by atoms with Crippen LogP contribution in [0, 0.1) is 17.1 Å². The topological polar surface area (TPSA) is 62.1 Å². The van der Waals surface area contributed by atoms with Crippen molar-refractivity contribution in [1.29, 1.82) is 5.26 Å². The summed E-state index contributed by atoms with van der Waals surface area (Å²) in [6.07, 6.45) is -0.752. The van der Waals surface area contributed by atoms with Crippen LogP contribution in [-0.4, -0.2) is 6.09 Å². The van der Waals surface area contributed by atoms with E-state index < -0.39 is 11.9 Å². The van der Waals surface area contributed by atoms with Crippen LogP contribution in [0.4, 0.5) is 14.9 Å². The van der Waals surface area contributed by atoms with E-state index in [1.165, 1.54) is 6.07 Å². The van der Waals surface area contributed by atoms with Gasteiger partial charge in [-0.1, -0.05) is 41.9 Å². The van der Waals surface area contributed by atoms with E-state index in [0.29, 0.717) is 0 Å². The number of rotatable bonds is 3. The van der Waals surface area contributed by atoms with E-state index >= 15 is 0 Å². The number of hydrogen-bond acceptors (Lipinski definition) is 3. The van der Waals surface area contributed by atoms with Crippen molar-refractivity contribution in [3.8, 4) is 6.07 Å². The fourth-order valence-corrected chi connectivity index (χ4v) is 1.84. The minimum atomic E-state index is -0.752. The van der Waals surface area contributed by atoms with Gasteiger partial charge in [-0.05, 0) is 17.7 Å². The van der Waals surface area contributed by atoms with Crippen LogP contribution in [0.15, 0.2) is 42.5 Å². The first-order valence-corrected chi connectivity index (χ1v) is 6.35.